The van der Waals surface area contributed by atoms with E-state index in [1.165, 1.54) is 17.8 Å². The second-order valence-corrected chi connectivity index (χ2v) is 5.68. The number of thiazole rings is 1. The van der Waals surface area contributed by atoms with E-state index in [0.717, 1.165) is 28.2 Å². The van der Waals surface area contributed by atoms with E-state index in [1.54, 1.807) is 11.3 Å². The molecule has 4 heteroatoms. The average Bonchev–Trinajstić information content (AvgIpc) is 2.88. The van der Waals surface area contributed by atoms with Crippen LogP contribution in [0.3, 0.4) is 0 Å². The minimum absolute atomic E-state index is 0.610. The van der Waals surface area contributed by atoms with Gasteiger partial charge >= 0.3 is 0 Å². The van der Waals surface area contributed by atoms with Gasteiger partial charge in [-0.3, -0.25) is 0 Å². The number of benzene rings is 1. The molecule has 0 bridgehead atoms. The lowest BCUT2D eigenvalue weighted by atomic mass is 10.2. The van der Waals surface area contributed by atoms with E-state index in [0.29, 0.717) is 6.04 Å². The van der Waals surface area contributed by atoms with E-state index in [9.17, 15) is 0 Å². The zero-order valence-corrected chi connectivity index (χ0v) is 10.4. The highest BCUT2D eigenvalue weighted by Gasteiger charge is 2.16. The molecular weight excluding hydrogens is 240 g/mol. The Morgan fingerprint density at radius 3 is 3.19 bits per heavy atom. The Labute approximate surface area is 104 Å². The quantitative estimate of drug-likeness (QED) is 0.888. The lowest BCUT2D eigenvalue weighted by Crippen LogP contribution is -2.23. The van der Waals surface area contributed by atoms with E-state index in [2.05, 4.69) is 10.3 Å². The fourth-order valence-electron chi connectivity index (χ4n) is 2.19. The van der Waals surface area contributed by atoms with Crippen LogP contribution in [0.25, 0.3) is 10.2 Å². The van der Waals surface area contributed by atoms with Crippen LogP contribution in [0.15, 0.2) is 18.2 Å². The summed E-state index contributed by atoms with van der Waals surface area (Å²) in [5.41, 5.74) is 1.03. The number of fused-ring (bicyclic) bond motifs is 1. The molecular formula is C12H13ClN2S. The summed E-state index contributed by atoms with van der Waals surface area (Å²) in [5, 5.41) is 5.51. The molecule has 1 fully saturated rings. The second-order valence-electron chi connectivity index (χ2n) is 4.19. The van der Waals surface area contributed by atoms with Crippen molar-refractivity contribution in [2.75, 3.05) is 6.54 Å². The third-order valence-electron chi connectivity index (χ3n) is 2.99. The minimum atomic E-state index is 0.610. The van der Waals surface area contributed by atoms with Gasteiger partial charge in [-0.15, -0.1) is 11.3 Å². The first-order valence-corrected chi connectivity index (χ1v) is 6.80. The van der Waals surface area contributed by atoms with Crippen LogP contribution in [0.1, 0.15) is 17.8 Å². The van der Waals surface area contributed by atoms with Crippen molar-refractivity contribution >= 4 is 33.2 Å². The Morgan fingerprint density at radius 1 is 1.50 bits per heavy atom. The van der Waals surface area contributed by atoms with E-state index in [-0.39, 0.29) is 0 Å². The molecule has 1 aromatic carbocycles. The van der Waals surface area contributed by atoms with Gasteiger partial charge in [-0.05, 0) is 31.5 Å². The molecule has 0 spiro atoms. The zero-order valence-electron chi connectivity index (χ0n) is 8.87. The summed E-state index contributed by atoms with van der Waals surface area (Å²) in [6, 6.07) is 6.53. The molecule has 0 radical (unpaired) electrons. The molecule has 16 heavy (non-hydrogen) atoms. The maximum Gasteiger partial charge on any atom is 0.0954 e. The van der Waals surface area contributed by atoms with Gasteiger partial charge < -0.3 is 5.32 Å². The summed E-state index contributed by atoms with van der Waals surface area (Å²) < 4.78 is 1.12. The Kier molecular flexibility index (Phi) is 2.84. The van der Waals surface area contributed by atoms with Crippen LogP contribution in [0.4, 0.5) is 0 Å². The number of rotatable bonds is 2. The molecule has 3 rings (SSSR count). The molecule has 0 aliphatic carbocycles. The number of halogens is 1. The van der Waals surface area contributed by atoms with Gasteiger partial charge in [-0.2, -0.15) is 0 Å². The lowest BCUT2D eigenvalue weighted by molar-refractivity contribution is 0.602. The lowest BCUT2D eigenvalue weighted by Gasteiger charge is -2.05. The van der Waals surface area contributed by atoms with Gasteiger partial charge in [-0.25, -0.2) is 4.98 Å². The molecule has 2 aromatic rings. The first-order chi connectivity index (χ1) is 7.83. The largest absolute Gasteiger partial charge is 0.314 e. The van der Waals surface area contributed by atoms with Crippen molar-refractivity contribution in [1.29, 1.82) is 0 Å². The topological polar surface area (TPSA) is 24.9 Å². The fraction of sp³-hybridized carbons (Fsp3) is 0.417. The number of hydrogen-bond donors (Lipinski definition) is 1. The Bertz CT molecular complexity index is 503. The van der Waals surface area contributed by atoms with E-state index in [1.807, 2.05) is 18.2 Å². The van der Waals surface area contributed by atoms with Crippen molar-refractivity contribution in [1.82, 2.24) is 10.3 Å². The van der Waals surface area contributed by atoms with Crippen LogP contribution in [0, 0.1) is 0 Å². The van der Waals surface area contributed by atoms with Crippen molar-refractivity contribution in [3.63, 3.8) is 0 Å². The summed E-state index contributed by atoms with van der Waals surface area (Å²) in [7, 11) is 0. The van der Waals surface area contributed by atoms with Crippen LogP contribution in [-0.2, 0) is 6.42 Å². The zero-order chi connectivity index (χ0) is 11.0. The highest BCUT2D eigenvalue weighted by atomic mass is 35.5. The fourth-order valence-corrected chi connectivity index (χ4v) is 3.52. The van der Waals surface area contributed by atoms with Crippen LogP contribution in [0.5, 0.6) is 0 Å². The van der Waals surface area contributed by atoms with Gasteiger partial charge in [0.1, 0.15) is 0 Å². The SMILES string of the molecule is Clc1cccc2nc(CC3CCCN3)sc12. The van der Waals surface area contributed by atoms with Gasteiger partial charge in [0.2, 0.25) is 0 Å². The molecule has 0 saturated carbocycles. The predicted molar refractivity (Wildman–Crippen MR) is 69.4 cm³/mol. The molecule has 0 amide bonds. The van der Waals surface area contributed by atoms with Gasteiger partial charge in [0.25, 0.3) is 0 Å². The van der Waals surface area contributed by atoms with Crippen molar-refractivity contribution in [3.05, 3.63) is 28.2 Å². The average molecular weight is 253 g/mol. The molecule has 1 atom stereocenters. The van der Waals surface area contributed by atoms with Crippen molar-refractivity contribution < 1.29 is 0 Å². The normalized spacial score (nSPS) is 20.7. The van der Waals surface area contributed by atoms with Gasteiger partial charge in [0, 0.05) is 12.5 Å². The van der Waals surface area contributed by atoms with Crippen molar-refractivity contribution in [2.45, 2.75) is 25.3 Å². The Morgan fingerprint density at radius 2 is 2.44 bits per heavy atom. The van der Waals surface area contributed by atoms with E-state index in [4.69, 9.17) is 11.6 Å². The first-order valence-electron chi connectivity index (χ1n) is 5.60. The number of aromatic nitrogens is 1. The van der Waals surface area contributed by atoms with Gasteiger partial charge in [0.05, 0.1) is 20.2 Å². The van der Waals surface area contributed by atoms with Crippen LogP contribution in [0.2, 0.25) is 5.02 Å². The van der Waals surface area contributed by atoms with Gasteiger partial charge in [-0.1, -0.05) is 17.7 Å². The van der Waals surface area contributed by atoms with E-state index >= 15 is 0 Å². The summed E-state index contributed by atoms with van der Waals surface area (Å²) in [6.07, 6.45) is 3.59. The third kappa shape index (κ3) is 1.95. The number of nitrogens with one attached hydrogen (secondary N) is 1. The third-order valence-corrected chi connectivity index (χ3v) is 4.55. The smallest absolute Gasteiger partial charge is 0.0954 e. The van der Waals surface area contributed by atoms with Gasteiger partial charge in [0.15, 0.2) is 0 Å². The maximum absolute atomic E-state index is 6.14. The minimum Gasteiger partial charge on any atom is -0.314 e. The number of nitrogens with zero attached hydrogens (tertiary/aromatic N) is 1. The molecule has 1 unspecified atom stereocenters. The van der Waals surface area contributed by atoms with Crippen LogP contribution < -0.4 is 5.32 Å². The first kappa shape index (κ1) is 10.5. The molecule has 1 aliphatic rings. The summed E-state index contributed by atoms with van der Waals surface area (Å²) >= 11 is 7.87. The molecule has 1 N–H and O–H groups in total. The molecule has 1 aliphatic heterocycles. The summed E-state index contributed by atoms with van der Waals surface area (Å²) in [4.78, 5) is 4.63. The predicted octanol–water partition coefficient (Wildman–Crippen LogP) is 3.24. The number of hydrogen-bond acceptors (Lipinski definition) is 3. The molecule has 2 nitrogen and oxygen atoms in total. The summed E-state index contributed by atoms with van der Waals surface area (Å²) in [5.74, 6) is 0. The monoisotopic (exact) mass is 252 g/mol. The van der Waals surface area contributed by atoms with Crippen molar-refractivity contribution in [2.24, 2.45) is 0 Å². The van der Waals surface area contributed by atoms with E-state index < -0.39 is 0 Å². The Balaban J connectivity index is 1.90. The molecule has 1 saturated heterocycles. The standard InChI is InChI=1S/C12H13ClN2S/c13-9-4-1-5-10-12(9)16-11(15-10)7-8-3-2-6-14-8/h1,4-5,8,14H,2-3,6-7H2. The van der Waals surface area contributed by atoms with Crippen molar-refractivity contribution in [3.8, 4) is 0 Å². The maximum atomic E-state index is 6.14. The molecule has 1 aromatic heterocycles. The van der Waals surface area contributed by atoms with Crippen LogP contribution in [-0.4, -0.2) is 17.6 Å². The highest BCUT2D eigenvalue weighted by Crippen LogP contribution is 2.30. The van der Waals surface area contributed by atoms with Crippen LogP contribution >= 0.6 is 22.9 Å². The summed E-state index contributed by atoms with van der Waals surface area (Å²) in [6.45, 7) is 1.15. The molecule has 2 heterocycles. The Hall–Kier alpha value is -0.640. The highest BCUT2D eigenvalue weighted by molar-refractivity contribution is 7.19. The second kappa shape index (κ2) is 4.32. The molecule has 84 valence electrons.